The highest BCUT2D eigenvalue weighted by atomic mass is 16.5. The number of hydrogen-bond acceptors (Lipinski definition) is 4. The second kappa shape index (κ2) is 5.61. The number of methoxy groups -OCH3 is 1. The van der Waals surface area contributed by atoms with Crippen LogP contribution in [0.15, 0.2) is 18.2 Å². The van der Waals surface area contributed by atoms with Gasteiger partial charge in [0.1, 0.15) is 0 Å². The Morgan fingerprint density at radius 1 is 1.50 bits per heavy atom. The summed E-state index contributed by atoms with van der Waals surface area (Å²) in [5.41, 5.74) is 1.03. The third kappa shape index (κ3) is 3.17. The first-order valence-electron chi connectivity index (χ1n) is 4.62. The highest BCUT2D eigenvalue weighted by Gasteiger charge is 2.06. The number of hydrogen-bond donors (Lipinski definition) is 1. The number of nitriles is 1. The van der Waals surface area contributed by atoms with Gasteiger partial charge in [-0.05, 0) is 24.6 Å². The first-order valence-corrected chi connectivity index (χ1v) is 4.62. The van der Waals surface area contributed by atoms with Crippen molar-refractivity contribution in [2.75, 3.05) is 13.7 Å². The van der Waals surface area contributed by atoms with Crippen LogP contribution in [0.4, 0.5) is 0 Å². The van der Waals surface area contributed by atoms with Crippen LogP contribution in [0.2, 0.25) is 0 Å². The predicted molar refractivity (Wildman–Crippen MR) is 57.0 cm³/mol. The normalized spacial score (nSPS) is 9.06. The Morgan fingerprint density at radius 2 is 2.25 bits per heavy atom. The summed E-state index contributed by atoms with van der Waals surface area (Å²) in [6.45, 7) is 1.71. The van der Waals surface area contributed by atoms with Crippen molar-refractivity contribution >= 4 is 5.91 Å². The molecule has 0 atom stereocenters. The van der Waals surface area contributed by atoms with Gasteiger partial charge in [0.05, 0.1) is 7.11 Å². The van der Waals surface area contributed by atoms with Gasteiger partial charge in [-0.15, -0.1) is 0 Å². The highest BCUT2D eigenvalue weighted by Crippen LogP contribution is 2.27. The molecule has 1 aromatic rings. The molecule has 84 valence electrons. The van der Waals surface area contributed by atoms with Gasteiger partial charge in [-0.25, -0.2) is 0 Å². The molecule has 0 heterocycles. The van der Waals surface area contributed by atoms with Crippen LogP contribution in [0, 0.1) is 18.4 Å². The Morgan fingerprint density at radius 3 is 2.88 bits per heavy atom. The Labute approximate surface area is 93.6 Å². The number of nitrogens with zero attached hydrogens (tertiary/aromatic N) is 1. The van der Waals surface area contributed by atoms with Crippen molar-refractivity contribution in [1.29, 1.82) is 5.26 Å². The molecule has 0 aromatic heterocycles. The monoisotopic (exact) mass is 220 g/mol. The van der Waals surface area contributed by atoms with Crippen molar-refractivity contribution < 1.29 is 14.3 Å². The molecular formula is C11H12N2O3. The lowest BCUT2D eigenvalue weighted by Gasteiger charge is -2.09. The first-order chi connectivity index (χ1) is 7.67. The minimum absolute atomic E-state index is 0.215. The average Bonchev–Trinajstić information content (AvgIpc) is 2.27. The summed E-state index contributed by atoms with van der Waals surface area (Å²) in [4.78, 5) is 11.0. The molecule has 0 aliphatic rings. The zero-order valence-electron chi connectivity index (χ0n) is 9.11. The average molecular weight is 220 g/mol. The summed E-state index contributed by atoms with van der Waals surface area (Å²) in [7, 11) is 1.52. The van der Waals surface area contributed by atoms with E-state index in [4.69, 9.17) is 14.7 Å². The first kappa shape index (κ1) is 11.9. The molecule has 1 rings (SSSR count). The van der Waals surface area contributed by atoms with E-state index in [1.54, 1.807) is 12.1 Å². The largest absolute Gasteiger partial charge is 0.493 e. The molecule has 0 saturated heterocycles. The fourth-order valence-corrected chi connectivity index (χ4v) is 1.14. The van der Waals surface area contributed by atoms with Crippen LogP contribution in [0.3, 0.4) is 0 Å². The van der Waals surface area contributed by atoms with Crippen molar-refractivity contribution in [1.82, 2.24) is 5.32 Å². The van der Waals surface area contributed by atoms with Crippen LogP contribution in [0.25, 0.3) is 0 Å². The lowest BCUT2D eigenvalue weighted by Crippen LogP contribution is -2.24. The van der Waals surface area contributed by atoms with Crippen LogP contribution in [-0.2, 0) is 4.79 Å². The molecule has 0 fully saturated rings. The molecule has 0 aliphatic heterocycles. The van der Waals surface area contributed by atoms with Gasteiger partial charge in [0.25, 0.3) is 5.91 Å². The molecular weight excluding hydrogens is 208 g/mol. The minimum Gasteiger partial charge on any atom is -0.493 e. The van der Waals surface area contributed by atoms with Crippen LogP contribution in [0.1, 0.15) is 5.56 Å². The van der Waals surface area contributed by atoms with Crippen molar-refractivity contribution in [3.63, 3.8) is 0 Å². The molecule has 0 spiro atoms. The number of rotatable bonds is 4. The van der Waals surface area contributed by atoms with Gasteiger partial charge in [0.2, 0.25) is 0 Å². The number of carbonyl (C=O) groups excluding carboxylic acids is 1. The van der Waals surface area contributed by atoms with Crippen LogP contribution in [0.5, 0.6) is 11.5 Å². The fourth-order valence-electron chi connectivity index (χ4n) is 1.14. The van der Waals surface area contributed by atoms with E-state index < -0.39 is 5.91 Å². The number of ether oxygens (including phenoxy) is 2. The predicted octanol–water partition coefficient (Wildman–Crippen LogP) is 0.980. The molecule has 16 heavy (non-hydrogen) atoms. The molecule has 0 unspecified atom stereocenters. The summed E-state index contributed by atoms with van der Waals surface area (Å²) in [6, 6.07) is 5.37. The molecule has 0 bridgehead atoms. The second-order valence-electron chi connectivity index (χ2n) is 3.10. The molecule has 1 aromatic carbocycles. The Balaban J connectivity index is 2.67. The molecule has 1 N–H and O–H groups in total. The quantitative estimate of drug-likeness (QED) is 0.606. The smallest absolute Gasteiger partial charge is 0.270 e. The molecule has 5 nitrogen and oxygen atoms in total. The van der Waals surface area contributed by atoms with Gasteiger partial charge < -0.3 is 9.47 Å². The van der Waals surface area contributed by atoms with E-state index in [-0.39, 0.29) is 6.61 Å². The van der Waals surface area contributed by atoms with Gasteiger partial charge >= 0.3 is 0 Å². The third-order valence-corrected chi connectivity index (χ3v) is 1.87. The van der Waals surface area contributed by atoms with Gasteiger partial charge in [0.15, 0.2) is 24.3 Å². The topological polar surface area (TPSA) is 71.3 Å². The maximum Gasteiger partial charge on any atom is 0.270 e. The van der Waals surface area contributed by atoms with Crippen LogP contribution < -0.4 is 14.8 Å². The maximum atomic E-state index is 11.0. The third-order valence-electron chi connectivity index (χ3n) is 1.87. The van der Waals surface area contributed by atoms with Gasteiger partial charge in [-0.3, -0.25) is 10.1 Å². The van der Waals surface area contributed by atoms with E-state index >= 15 is 0 Å². The van der Waals surface area contributed by atoms with Crippen molar-refractivity contribution in [2.24, 2.45) is 0 Å². The van der Waals surface area contributed by atoms with E-state index in [1.165, 1.54) is 13.3 Å². The highest BCUT2D eigenvalue weighted by molar-refractivity contribution is 5.78. The maximum absolute atomic E-state index is 11.0. The second-order valence-corrected chi connectivity index (χ2v) is 3.10. The standard InChI is InChI=1S/C11H12N2O3/c1-8-3-4-9(10(5-8)15-2)16-6-11(14)13-7-12/h3-5H,6H2,1-2H3,(H,13,14). The lowest BCUT2D eigenvalue weighted by molar-refractivity contribution is -0.121. The summed E-state index contributed by atoms with van der Waals surface area (Å²) in [5.74, 6) is 0.538. The summed E-state index contributed by atoms with van der Waals surface area (Å²) < 4.78 is 10.3. The number of amides is 1. The van der Waals surface area contributed by atoms with E-state index in [9.17, 15) is 4.79 Å². The Hall–Kier alpha value is -2.22. The SMILES string of the molecule is COc1cc(C)ccc1OCC(=O)NC#N. The number of carbonyl (C=O) groups is 1. The fraction of sp³-hybridized carbons (Fsp3) is 0.273. The minimum atomic E-state index is -0.495. The molecule has 0 saturated carbocycles. The number of benzene rings is 1. The number of aryl methyl sites for hydroxylation is 1. The van der Waals surface area contributed by atoms with Crippen molar-refractivity contribution in [3.05, 3.63) is 23.8 Å². The zero-order valence-corrected chi connectivity index (χ0v) is 9.11. The molecule has 0 aliphatic carbocycles. The summed E-state index contributed by atoms with van der Waals surface area (Å²) in [6.07, 6.45) is 1.53. The molecule has 1 amide bonds. The van der Waals surface area contributed by atoms with Gasteiger partial charge in [0, 0.05) is 0 Å². The Kier molecular flexibility index (Phi) is 4.16. The van der Waals surface area contributed by atoms with Gasteiger partial charge in [-0.2, -0.15) is 5.26 Å². The van der Waals surface area contributed by atoms with E-state index in [1.807, 2.05) is 18.3 Å². The lowest BCUT2D eigenvalue weighted by atomic mass is 10.2. The Bertz CT molecular complexity index is 424. The van der Waals surface area contributed by atoms with E-state index in [0.29, 0.717) is 11.5 Å². The number of nitrogens with one attached hydrogen (secondary N) is 1. The van der Waals surface area contributed by atoms with Crippen LogP contribution >= 0.6 is 0 Å². The summed E-state index contributed by atoms with van der Waals surface area (Å²) >= 11 is 0. The molecule has 5 heteroatoms. The zero-order chi connectivity index (χ0) is 12.0. The van der Waals surface area contributed by atoms with Crippen molar-refractivity contribution in [2.45, 2.75) is 6.92 Å². The molecule has 0 radical (unpaired) electrons. The van der Waals surface area contributed by atoms with Gasteiger partial charge in [-0.1, -0.05) is 6.07 Å². The van der Waals surface area contributed by atoms with E-state index in [2.05, 4.69) is 0 Å². The summed E-state index contributed by atoms with van der Waals surface area (Å²) in [5, 5.41) is 10.2. The van der Waals surface area contributed by atoms with E-state index in [0.717, 1.165) is 5.56 Å². The van der Waals surface area contributed by atoms with Crippen molar-refractivity contribution in [3.8, 4) is 17.7 Å². The van der Waals surface area contributed by atoms with Crippen LogP contribution in [-0.4, -0.2) is 19.6 Å².